The van der Waals surface area contributed by atoms with Crippen LogP contribution >= 0.6 is 0 Å². The summed E-state index contributed by atoms with van der Waals surface area (Å²) in [6.45, 7) is -0.297. The van der Waals surface area contributed by atoms with Crippen molar-refractivity contribution in [2.75, 3.05) is 17.2 Å². The van der Waals surface area contributed by atoms with Gasteiger partial charge in [0.15, 0.2) is 0 Å². The number of aromatic nitrogens is 3. The Hall–Kier alpha value is -1.71. The van der Waals surface area contributed by atoms with Gasteiger partial charge in [0, 0.05) is 13.0 Å². The third-order valence-electron chi connectivity index (χ3n) is 2.22. The molecule has 1 saturated heterocycles. The summed E-state index contributed by atoms with van der Waals surface area (Å²) in [5.74, 6) is -0.603. The van der Waals surface area contributed by atoms with Crippen molar-refractivity contribution in [3.05, 3.63) is 0 Å². The van der Waals surface area contributed by atoms with Crippen LogP contribution in [0.3, 0.4) is 0 Å². The van der Waals surface area contributed by atoms with E-state index in [-0.39, 0.29) is 18.4 Å². The summed E-state index contributed by atoms with van der Waals surface area (Å²) >= 11 is 0. The number of nitrogens with one attached hydrogen (secondary N) is 1. The van der Waals surface area contributed by atoms with Gasteiger partial charge in [0.1, 0.15) is 5.25 Å². The van der Waals surface area contributed by atoms with Gasteiger partial charge in [-0.15, -0.1) is 8.98 Å². The van der Waals surface area contributed by atoms with Crippen molar-refractivity contribution < 1.29 is 17.1 Å². The van der Waals surface area contributed by atoms with Crippen LogP contribution in [0.4, 0.5) is 15.8 Å². The summed E-state index contributed by atoms with van der Waals surface area (Å²) in [5.41, 5.74) is 5.25. The van der Waals surface area contributed by atoms with E-state index in [4.69, 9.17) is 5.73 Å². The van der Waals surface area contributed by atoms with Crippen LogP contribution < -0.4 is 10.6 Å². The average molecular weight is 249 g/mol. The Balaban J connectivity index is 2.24. The van der Waals surface area contributed by atoms with Gasteiger partial charge < -0.3 is 5.73 Å². The molecule has 16 heavy (non-hydrogen) atoms. The third-order valence-corrected chi connectivity index (χ3v) is 3.33. The van der Waals surface area contributed by atoms with Crippen LogP contribution in [0, 0.1) is 0 Å². The highest BCUT2D eigenvalue weighted by molar-refractivity contribution is 7.87. The molecule has 1 amide bonds. The summed E-state index contributed by atoms with van der Waals surface area (Å²) in [5, 5.41) is 4.53. The molecule has 0 aliphatic carbocycles. The molecule has 0 bridgehead atoms. The fraction of sp³-hybridized carbons (Fsp3) is 0.500. The highest BCUT2D eigenvalue weighted by atomic mass is 32.3. The second-order valence-electron chi connectivity index (χ2n) is 3.33. The molecule has 8 nitrogen and oxygen atoms in total. The highest BCUT2D eigenvalue weighted by Crippen LogP contribution is 2.23. The first-order chi connectivity index (χ1) is 7.38. The van der Waals surface area contributed by atoms with Gasteiger partial charge in [-0.3, -0.25) is 9.69 Å². The SMILES string of the molecule is Nc1nc(N2CC(S(=O)(=O)F)CC2=O)n[nH]1. The Morgan fingerprint density at radius 1 is 1.56 bits per heavy atom. The van der Waals surface area contributed by atoms with Gasteiger partial charge in [-0.1, -0.05) is 0 Å². The predicted molar refractivity (Wildman–Crippen MR) is 51.6 cm³/mol. The van der Waals surface area contributed by atoms with E-state index < -0.39 is 27.8 Å². The van der Waals surface area contributed by atoms with E-state index in [0.717, 1.165) is 4.90 Å². The molecule has 3 N–H and O–H groups in total. The number of halogens is 1. The number of amides is 1. The van der Waals surface area contributed by atoms with Crippen molar-refractivity contribution in [2.45, 2.75) is 11.7 Å². The Labute approximate surface area is 89.8 Å². The van der Waals surface area contributed by atoms with Crippen molar-refractivity contribution in [3.63, 3.8) is 0 Å². The lowest BCUT2D eigenvalue weighted by Crippen LogP contribution is -2.27. The van der Waals surface area contributed by atoms with Crippen molar-refractivity contribution in [3.8, 4) is 0 Å². The number of carbonyl (C=O) groups excluding carboxylic acids is 1. The predicted octanol–water partition coefficient (Wildman–Crippen LogP) is -1.21. The van der Waals surface area contributed by atoms with Gasteiger partial charge >= 0.3 is 10.2 Å². The Morgan fingerprint density at radius 2 is 2.25 bits per heavy atom. The maximum atomic E-state index is 12.7. The summed E-state index contributed by atoms with van der Waals surface area (Å²) < 4.78 is 34.0. The maximum Gasteiger partial charge on any atom is 0.307 e. The topological polar surface area (TPSA) is 122 Å². The number of nitrogens with zero attached hydrogens (tertiary/aromatic N) is 3. The van der Waals surface area contributed by atoms with E-state index in [1.54, 1.807) is 0 Å². The molecule has 10 heteroatoms. The average Bonchev–Trinajstić information content (AvgIpc) is 2.70. The lowest BCUT2D eigenvalue weighted by molar-refractivity contribution is -0.117. The largest absolute Gasteiger partial charge is 0.368 e. The summed E-state index contributed by atoms with van der Waals surface area (Å²) in [4.78, 5) is 16.0. The molecular formula is C6H8FN5O3S. The van der Waals surface area contributed by atoms with Crippen LogP contribution in [0.25, 0.3) is 0 Å². The van der Waals surface area contributed by atoms with Crippen LogP contribution in [0.1, 0.15) is 6.42 Å². The van der Waals surface area contributed by atoms with Crippen LogP contribution in [0.2, 0.25) is 0 Å². The molecule has 1 aromatic heterocycles. The fourth-order valence-corrected chi connectivity index (χ4v) is 2.11. The van der Waals surface area contributed by atoms with E-state index >= 15 is 0 Å². The number of hydrogen-bond donors (Lipinski definition) is 2. The third kappa shape index (κ3) is 1.83. The smallest absolute Gasteiger partial charge is 0.307 e. The maximum absolute atomic E-state index is 12.7. The molecule has 2 heterocycles. The molecule has 88 valence electrons. The molecule has 1 aliphatic rings. The minimum absolute atomic E-state index is 0.00523. The first-order valence-electron chi connectivity index (χ1n) is 4.29. The molecule has 1 fully saturated rings. The van der Waals surface area contributed by atoms with Crippen molar-refractivity contribution in [1.29, 1.82) is 0 Å². The molecule has 1 aromatic rings. The van der Waals surface area contributed by atoms with Gasteiger partial charge in [-0.2, -0.15) is 13.4 Å². The molecule has 0 saturated carbocycles. The molecule has 0 radical (unpaired) electrons. The fourth-order valence-electron chi connectivity index (χ4n) is 1.44. The number of aromatic amines is 1. The van der Waals surface area contributed by atoms with E-state index in [0.29, 0.717) is 0 Å². The van der Waals surface area contributed by atoms with E-state index in [1.807, 2.05) is 0 Å². The van der Waals surface area contributed by atoms with E-state index in [1.165, 1.54) is 0 Å². The van der Waals surface area contributed by atoms with Gasteiger partial charge in [-0.05, 0) is 0 Å². The van der Waals surface area contributed by atoms with Crippen LogP contribution in [-0.2, 0) is 15.0 Å². The number of anilines is 2. The Bertz CT molecular complexity index is 526. The van der Waals surface area contributed by atoms with Crippen molar-refractivity contribution in [2.24, 2.45) is 0 Å². The molecule has 0 aromatic carbocycles. The number of nitrogen functional groups attached to an aromatic ring is 1. The molecule has 2 rings (SSSR count). The number of hydrogen-bond acceptors (Lipinski definition) is 6. The van der Waals surface area contributed by atoms with Crippen LogP contribution in [-0.4, -0.2) is 41.3 Å². The second-order valence-corrected chi connectivity index (χ2v) is 4.94. The Kier molecular flexibility index (Phi) is 2.30. The number of nitrogens with two attached hydrogens (primary N) is 1. The highest BCUT2D eigenvalue weighted by Gasteiger charge is 2.40. The molecule has 1 unspecified atom stereocenters. The number of H-pyrrole nitrogens is 1. The quantitative estimate of drug-likeness (QED) is 0.634. The number of carbonyl (C=O) groups is 1. The van der Waals surface area contributed by atoms with E-state index in [2.05, 4.69) is 15.2 Å². The van der Waals surface area contributed by atoms with Crippen molar-refractivity contribution >= 4 is 28.0 Å². The summed E-state index contributed by atoms with van der Waals surface area (Å²) in [6.07, 6.45) is -0.409. The molecule has 1 aliphatic heterocycles. The van der Waals surface area contributed by atoms with Gasteiger partial charge in [0.05, 0.1) is 0 Å². The first-order valence-corrected chi connectivity index (χ1v) is 5.74. The monoisotopic (exact) mass is 249 g/mol. The molecule has 0 spiro atoms. The van der Waals surface area contributed by atoms with Gasteiger partial charge in [-0.25, -0.2) is 5.10 Å². The first kappa shape index (κ1) is 10.8. The zero-order valence-electron chi connectivity index (χ0n) is 7.92. The van der Waals surface area contributed by atoms with Crippen LogP contribution in [0.5, 0.6) is 0 Å². The minimum Gasteiger partial charge on any atom is -0.368 e. The van der Waals surface area contributed by atoms with Crippen LogP contribution in [0.15, 0.2) is 0 Å². The number of rotatable bonds is 2. The second kappa shape index (κ2) is 3.40. The van der Waals surface area contributed by atoms with Gasteiger partial charge in [0.25, 0.3) is 5.95 Å². The van der Waals surface area contributed by atoms with E-state index in [9.17, 15) is 17.1 Å². The molecule has 1 atom stereocenters. The summed E-state index contributed by atoms with van der Waals surface area (Å²) in [6, 6.07) is 0. The normalized spacial score (nSPS) is 21.7. The summed E-state index contributed by atoms with van der Waals surface area (Å²) in [7, 11) is -4.73. The standard InChI is InChI=1S/C6H8FN5O3S/c7-16(14,15)3-1-4(13)12(2-3)6-9-5(8)10-11-6/h3H,1-2H2,(H3,8,9,10,11). The molecular weight excluding hydrogens is 241 g/mol. The Morgan fingerprint density at radius 3 is 2.69 bits per heavy atom. The van der Waals surface area contributed by atoms with Gasteiger partial charge in [0.2, 0.25) is 11.9 Å². The lowest BCUT2D eigenvalue weighted by atomic mass is 10.4. The zero-order chi connectivity index (χ0) is 11.9. The minimum atomic E-state index is -4.73. The lowest BCUT2D eigenvalue weighted by Gasteiger charge is -2.09. The van der Waals surface area contributed by atoms with Crippen molar-refractivity contribution in [1.82, 2.24) is 15.2 Å². The zero-order valence-corrected chi connectivity index (χ0v) is 8.74.